The second-order valence-corrected chi connectivity index (χ2v) is 9.62. The van der Waals surface area contributed by atoms with Gasteiger partial charge in [-0.3, -0.25) is 9.10 Å². The fraction of sp³-hybridized carbons (Fsp3) is 0.350. The lowest BCUT2D eigenvalue weighted by Gasteiger charge is -2.27. The van der Waals surface area contributed by atoms with Crippen LogP contribution in [-0.4, -0.2) is 32.0 Å². The molecule has 6 nitrogen and oxygen atoms in total. The highest BCUT2D eigenvalue weighted by Crippen LogP contribution is 2.40. The van der Waals surface area contributed by atoms with Gasteiger partial charge in [-0.15, -0.1) is 13.2 Å². The molecule has 0 aromatic heterocycles. The SMILES string of the molecule is Cc1cccc(C)c1N1CCC(C)(C(=O)Nc2ccc(OC(F)(F)F)cc2)S1(=O)=O. The molecule has 0 radical (unpaired) electrons. The molecule has 2 aromatic carbocycles. The molecule has 1 saturated heterocycles. The van der Waals surface area contributed by atoms with E-state index in [0.29, 0.717) is 5.69 Å². The van der Waals surface area contributed by atoms with E-state index in [4.69, 9.17) is 0 Å². The van der Waals surface area contributed by atoms with E-state index in [2.05, 4.69) is 10.1 Å². The summed E-state index contributed by atoms with van der Waals surface area (Å²) in [6.45, 7) is 5.11. The number of carbonyl (C=O) groups is 1. The van der Waals surface area contributed by atoms with Crippen molar-refractivity contribution in [3.8, 4) is 5.75 Å². The van der Waals surface area contributed by atoms with Crippen LogP contribution in [0.5, 0.6) is 5.75 Å². The Labute approximate surface area is 172 Å². The molecule has 0 bridgehead atoms. The third-order valence-corrected chi connectivity index (χ3v) is 7.64. The first-order valence-corrected chi connectivity index (χ1v) is 10.5. The largest absolute Gasteiger partial charge is 0.573 e. The zero-order valence-corrected chi connectivity index (χ0v) is 17.4. The summed E-state index contributed by atoms with van der Waals surface area (Å²) < 4.78 is 66.7. The first kappa shape index (κ1) is 21.9. The van der Waals surface area contributed by atoms with Crippen molar-refractivity contribution < 1.29 is 31.1 Å². The van der Waals surface area contributed by atoms with Gasteiger partial charge in [-0.2, -0.15) is 0 Å². The lowest BCUT2D eigenvalue weighted by Crippen LogP contribution is -2.47. The van der Waals surface area contributed by atoms with Crippen molar-refractivity contribution in [1.82, 2.24) is 0 Å². The number of rotatable bonds is 4. The number of benzene rings is 2. The molecule has 1 amide bonds. The molecule has 1 heterocycles. The average Bonchev–Trinajstić information content (AvgIpc) is 2.87. The van der Waals surface area contributed by atoms with E-state index >= 15 is 0 Å². The zero-order valence-electron chi connectivity index (χ0n) is 16.6. The van der Waals surface area contributed by atoms with Crippen molar-refractivity contribution >= 4 is 27.3 Å². The number of anilines is 2. The normalized spacial score (nSPS) is 20.8. The molecule has 1 aliphatic heterocycles. The van der Waals surface area contributed by atoms with Crippen molar-refractivity contribution in [3.63, 3.8) is 0 Å². The van der Waals surface area contributed by atoms with Crippen LogP contribution in [0.3, 0.4) is 0 Å². The monoisotopic (exact) mass is 442 g/mol. The van der Waals surface area contributed by atoms with Crippen LogP contribution in [0.25, 0.3) is 0 Å². The van der Waals surface area contributed by atoms with Gasteiger partial charge in [0.1, 0.15) is 5.75 Å². The predicted octanol–water partition coefficient (Wildman–Crippen LogP) is 4.14. The van der Waals surface area contributed by atoms with Gasteiger partial charge in [0.2, 0.25) is 15.9 Å². The van der Waals surface area contributed by atoms with E-state index in [1.54, 1.807) is 26.0 Å². The molecule has 0 aliphatic carbocycles. The Bertz CT molecular complexity index is 1050. The number of aryl methyl sites for hydroxylation is 2. The van der Waals surface area contributed by atoms with E-state index < -0.39 is 32.8 Å². The van der Waals surface area contributed by atoms with Crippen LogP contribution >= 0.6 is 0 Å². The number of hydrogen-bond acceptors (Lipinski definition) is 4. The van der Waals surface area contributed by atoms with Crippen LogP contribution in [0.15, 0.2) is 42.5 Å². The standard InChI is InChI=1S/C20H21F3N2O4S/c1-13-5-4-6-14(2)17(13)25-12-11-19(3,30(25,27)28)18(26)24-15-7-9-16(10-8-15)29-20(21,22)23/h4-10H,11-12H2,1-3H3,(H,24,26). The maximum Gasteiger partial charge on any atom is 0.573 e. The van der Waals surface area contributed by atoms with Crippen LogP contribution in [0.1, 0.15) is 24.5 Å². The second-order valence-electron chi connectivity index (χ2n) is 7.32. The Morgan fingerprint density at radius 2 is 1.67 bits per heavy atom. The third-order valence-electron chi connectivity index (χ3n) is 5.17. The summed E-state index contributed by atoms with van der Waals surface area (Å²) in [4.78, 5) is 12.9. The molecule has 0 saturated carbocycles. The fourth-order valence-electron chi connectivity index (χ4n) is 3.47. The summed E-state index contributed by atoms with van der Waals surface area (Å²) in [6.07, 6.45) is -4.75. The van der Waals surface area contributed by atoms with Crippen molar-refractivity contribution in [2.24, 2.45) is 0 Å². The summed E-state index contributed by atoms with van der Waals surface area (Å²) in [7, 11) is -4.03. The number of ether oxygens (including phenoxy) is 1. The van der Waals surface area contributed by atoms with Gasteiger partial charge in [-0.05, 0) is 62.6 Å². The van der Waals surface area contributed by atoms with Gasteiger partial charge in [0.15, 0.2) is 4.75 Å². The van der Waals surface area contributed by atoms with Crippen LogP contribution in [-0.2, 0) is 14.8 Å². The number of para-hydroxylation sites is 1. The van der Waals surface area contributed by atoms with Crippen molar-refractivity contribution in [3.05, 3.63) is 53.6 Å². The molecule has 0 spiro atoms. The van der Waals surface area contributed by atoms with Gasteiger partial charge in [0.05, 0.1) is 5.69 Å². The van der Waals surface area contributed by atoms with Crippen LogP contribution in [0, 0.1) is 13.8 Å². The maximum absolute atomic E-state index is 13.3. The molecule has 1 unspecified atom stereocenters. The summed E-state index contributed by atoms with van der Waals surface area (Å²) >= 11 is 0. The minimum Gasteiger partial charge on any atom is -0.406 e. The Balaban J connectivity index is 1.82. The van der Waals surface area contributed by atoms with E-state index in [-0.39, 0.29) is 18.7 Å². The van der Waals surface area contributed by atoms with Crippen LogP contribution in [0.4, 0.5) is 24.5 Å². The highest BCUT2D eigenvalue weighted by molar-refractivity contribution is 7.95. The highest BCUT2D eigenvalue weighted by Gasteiger charge is 2.55. The molecule has 2 aromatic rings. The minimum atomic E-state index is -4.83. The first-order valence-electron chi connectivity index (χ1n) is 9.11. The lowest BCUT2D eigenvalue weighted by molar-refractivity contribution is -0.274. The number of hydrogen-bond donors (Lipinski definition) is 1. The second kappa shape index (κ2) is 7.50. The maximum atomic E-state index is 13.3. The van der Waals surface area contributed by atoms with Crippen LogP contribution < -0.4 is 14.4 Å². The molecule has 1 fully saturated rings. The molecule has 1 atom stereocenters. The van der Waals surface area contributed by atoms with Gasteiger partial charge in [0.25, 0.3) is 0 Å². The topological polar surface area (TPSA) is 75.7 Å². The van der Waals surface area contributed by atoms with Gasteiger partial charge >= 0.3 is 6.36 Å². The summed E-state index contributed by atoms with van der Waals surface area (Å²) in [5.41, 5.74) is 2.28. The number of alkyl halides is 3. The quantitative estimate of drug-likeness (QED) is 0.772. The Morgan fingerprint density at radius 1 is 1.10 bits per heavy atom. The predicted molar refractivity (Wildman–Crippen MR) is 107 cm³/mol. The van der Waals surface area contributed by atoms with E-state index in [9.17, 15) is 26.4 Å². The van der Waals surface area contributed by atoms with Crippen molar-refractivity contribution in [1.29, 1.82) is 0 Å². The van der Waals surface area contributed by atoms with Gasteiger partial charge in [-0.1, -0.05) is 18.2 Å². The molecule has 10 heteroatoms. The van der Waals surface area contributed by atoms with E-state index in [1.165, 1.54) is 23.4 Å². The number of amides is 1. The minimum absolute atomic E-state index is 0.0736. The average molecular weight is 442 g/mol. The molecule has 1 aliphatic rings. The van der Waals surface area contributed by atoms with Crippen LogP contribution in [0.2, 0.25) is 0 Å². The van der Waals surface area contributed by atoms with Gasteiger partial charge in [-0.25, -0.2) is 8.42 Å². The van der Waals surface area contributed by atoms with E-state index in [1.807, 2.05) is 6.07 Å². The molecular weight excluding hydrogens is 421 g/mol. The number of carbonyl (C=O) groups excluding carboxylic acids is 1. The van der Waals surface area contributed by atoms with Gasteiger partial charge in [0, 0.05) is 12.2 Å². The number of halogens is 3. The molecule has 162 valence electrons. The molecular formula is C20H21F3N2O4S. The molecule has 1 N–H and O–H groups in total. The third kappa shape index (κ3) is 3.96. The van der Waals surface area contributed by atoms with Crippen molar-refractivity contribution in [2.45, 2.75) is 38.3 Å². The summed E-state index contributed by atoms with van der Waals surface area (Å²) in [5, 5.41) is 2.49. The fourth-order valence-corrected chi connectivity index (χ4v) is 5.45. The smallest absolute Gasteiger partial charge is 0.406 e. The Kier molecular flexibility index (Phi) is 5.48. The molecule has 3 rings (SSSR count). The first-order chi connectivity index (χ1) is 13.8. The van der Waals surface area contributed by atoms with Crippen molar-refractivity contribution in [2.75, 3.05) is 16.2 Å². The lowest BCUT2D eigenvalue weighted by atomic mass is 10.1. The number of nitrogens with one attached hydrogen (secondary N) is 1. The highest BCUT2D eigenvalue weighted by atomic mass is 32.2. The Hall–Kier alpha value is -2.75. The summed E-state index contributed by atoms with van der Waals surface area (Å²) in [6, 6.07) is 9.95. The zero-order chi connectivity index (χ0) is 22.3. The summed E-state index contributed by atoms with van der Waals surface area (Å²) in [5.74, 6) is -1.19. The number of sulfonamides is 1. The molecule has 30 heavy (non-hydrogen) atoms. The van der Waals surface area contributed by atoms with E-state index in [0.717, 1.165) is 23.3 Å². The number of nitrogens with zero attached hydrogens (tertiary/aromatic N) is 1. The van der Waals surface area contributed by atoms with Gasteiger partial charge < -0.3 is 10.1 Å². The Morgan fingerprint density at radius 3 is 2.20 bits per heavy atom.